The first-order valence-corrected chi connectivity index (χ1v) is 8.33. The van der Waals surface area contributed by atoms with Gasteiger partial charge < -0.3 is 9.84 Å². The Morgan fingerprint density at radius 2 is 2.04 bits per heavy atom. The third-order valence-corrected chi connectivity index (χ3v) is 3.93. The molecule has 0 aromatic heterocycles. The normalized spacial score (nSPS) is 11.3. The maximum Gasteiger partial charge on any atom is 0.325 e. The number of benzene rings is 2. The van der Waals surface area contributed by atoms with Gasteiger partial charge in [0, 0.05) is 17.7 Å². The number of ether oxygens (including phenoxy) is 1. The lowest BCUT2D eigenvalue weighted by atomic mass is 10.0. The predicted octanol–water partition coefficient (Wildman–Crippen LogP) is 3.67. The first-order chi connectivity index (χ1) is 12.6. The number of aliphatic carboxylic acids is 1. The van der Waals surface area contributed by atoms with Gasteiger partial charge in [0.25, 0.3) is 0 Å². The predicted molar refractivity (Wildman–Crippen MR) is 103 cm³/mol. The summed E-state index contributed by atoms with van der Waals surface area (Å²) in [7, 11) is 1.54. The molecular weight excluding hydrogens is 326 g/mol. The van der Waals surface area contributed by atoms with E-state index in [-0.39, 0.29) is 0 Å². The number of hydrogen-bond acceptors (Lipinski definition) is 3. The van der Waals surface area contributed by atoms with E-state index in [2.05, 4.69) is 18.4 Å². The topological polar surface area (TPSA) is 49.8 Å². The highest BCUT2D eigenvalue weighted by molar-refractivity contribution is 5.77. The van der Waals surface area contributed by atoms with Crippen LogP contribution in [0, 0.1) is 18.8 Å². The number of rotatable bonds is 7. The Morgan fingerprint density at radius 1 is 1.31 bits per heavy atom. The van der Waals surface area contributed by atoms with Gasteiger partial charge in [-0.2, -0.15) is 0 Å². The molecule has 1 atom stereocenters. The van der Waals surface area contributed by atoms with Gasteiger partial charge in [-0.1, -0.05) is 53.8 Å². The lowest BCUT2D eigenvalue weighted by molar-refractivity contribution is -0.143. The Balaban J connectivity index is 2.35. The maximum absolute atomic E-state index is 12.0. The standard InChI is InChI=1S/C22H23NO3/c1-4-14-23(15-8-11-18-9-6-5-7-10-18)21(22(24)25)19-16-17(2)12-13-20(19)26-3/h4-7,9-10,12-13,16,21H,1,14-15H2,2-3H3,(H,24,25). The molecule has 0 saturated carbocycles. The van der Waals surface area contributed by atoms with Gasteiger partial charge in [0.2, 0.25) is 0 Å². The second-order valence-corrected chi connectivity index (χ2v) is 5.87. The summed E-state index contributed by atoms with van der Waals surface area (Å²) in [6.45, 7) is 6.37. The van der Waals surface area contributed by atoms with Crippen molar-refractivity contribution in [1.29, 1.82) is 0 Å². The minimum absolute atomic E-state index is 0.301. The van der Waals surface area contributed by atoms with Crippen molar-refractivity contribution < 1.29 is 14.6 Å². The summed E-state index contributed by atoms with van der Waals surface area (Å²) in [5, 5.41) is 9.87. The maximum atomic E-state index is 12.0. The fourth-order valence-corrected chi connectivity index (χ4v) is 2.75. The Labute approximate surface area is 154 Å². The lowest BCUT2D eigenvalue weighted by Crippen LogP contribution is -2.35. The molecule has 26 heavy (non-hydrogen) atoms. The van der Waals surface area contributed by atoms with E-state index in [0.29, 0.717) is 24.4 Å². The minimum atomic E-state index is -0.947. The monoisotopic (exact) mass is 349 g/mol. The summed E-state index contributed by atoms with van der Waals surface area (Å²) in [6, 6.07) is 14.3. The van der Waals surface area contributed by atoms with E-state index < -0.39 is 12.0 Å². The zero-order chi connectivity index (χ0) is 18.9. The van der Waals surface area contributed by atoms with Gasteiger partial charge in [-0.25, -0.2) is 0 Å². The van der Waals surface area contributed by atoms with Crippen molar-refractivity contribution in [2.24, 2.45) is 0 Å². The molecule has 4 heteroatoms. The van der Waals surface area contributed by atoms with Crippen molar-refractivity contribution in [2.75, 3.05) is 20.2 Å². The first kappa shape index (κ1) is 19.3. The molecule has 0 aliphatic rings. The Bertz CT molecular complexity index is 818. The lowest BCUT2D eigenvalue weighted by Gasteiger charge is -2.27. The number of nitrogens with zero attached hydrogens (tertiary/aromatic N) is 1. The van der Waals surface area contributed by atoms with Crippen LogP contribution in [0.3, 0.4) is 0 Å². The van der Waals surface area contributed by atoms with Crippen LogP contribution >= 0.6 is 0 Å². The van der Waals surface area contributed by atoms with Crippen LogP contribution in [0.4, 0.5) is 0 Å². The van der Waals surface area contributed by atoms with Gasteiger partial charge in [-0.05, 0) is 25.1 Å². The molecule has 0 fully saturated rings. The summed E-state index contributed by atoms with van der Waals surface area (Å²) in [6.07, 6.45) is 1.68. The molecule has 2 rings (SSSR count). The third kappa shape index (κ3) is 4.98. The van der Waals surface area contributed by atoms with Crippen LogP contribution in [0.15, 0.2) is 61.2 Å². The molecule has 2 aromatic rings. The molecule has 134 valence electrons. The van der Waals surface area contributed by atoms with Gasteiger partial charge in [0.15, 0.2) is 0 Å². The minimum Gasteiger partial charge on any atom is -0.496 e. The van der Waals surface area contributed by atoms with Gasteiger partial charge in [0.1, 0.15) is 11.8 Å². The molecule has 0 bridgehead atoms. The summed E-state index contributed by atoms with van der Waals surface area (Å²) < 4.78 is 5.38. The van der Waals surface area contributed by atoms with Crippen molar-refractivity contribution in [1.82, 2.24) is 4.90 Å². The molecule has 0 amide bonds. The van der Waals surface area contributed by atoms with Crippen molar-refractivity contribution in [3.8, 4) is 17.6 Å². The average Bonchev–Trinajstić information content (AvgIpc) is 2.63. The summed E-state index contributed by atoms with van der Waals surface area (Å²) in [5.74, 6) is 5.74. The van der Waals surface area contributed by atoms with Gasteiger partial charge in [-0.15, -0.1) is 6.58 Å². The van der Waals surface area contributed by atoms with E-state index in [4.69, 9.17) is 4.74 Å². The number of methoxy groups -OCH3 is 1. The van der Waals surface area contributed by atoms with Crippen molar-refractivity contribution in [2.45, 2.75) is 13.0 Å². The summed E-state index contributed by atoms with van der Waals surface area (Å²) >= 11 is 0. The largest absolute Gasteiger partial charge is 0.496 e. The van der Waals surface area contributed by atoms with E-state index in [9.17, 15) is 9.90 Å². The zero-order valence-corrected chi connectivity index (χ0v) is 15.1. The summed E-state index contributed by atoms with van der Waals surface area (Å²) in [5.41, 5.74) is 2.48. The second-order valence-electron chi connectivity index (χ2n) is 5.87. The highest BCUT2D eigenvalue weighted by Crippen LogP contribution is 2.30. The van der Waals surface area contributed by atoms with Crippen LogP contribution < -0.4 is 4.74 Å². The smallest absolute Gasteiger partial charge is 0.325 e. The third-order valence-electron chi connectivity index (χ3n) is 3.93. The fourth-order valence-electron chi connectivity index (χ4n) is 2.75. The quantitative estimate of drug-likeness (QED) is 0.612. The molecule has 0 aliphatic heterocycles. The fraction of sp³-hybridized carbons (Fsp3) is 0.227. The Morgan fingerprint density at radius 3 is 2.65 bits per heavy atom. The van der Waals surface area contributed by atoms with Crippen LogP contribution in [0.1, 0.15) is 22.7 Å². The Hall–Kier alpha value is -3.03. The molecular formula is C22H23NO3. The average molecular weight is 349 g/mol. The van der Waals surface area contributed by atoms with Gasteiger partial charge in [0.05, 0.1) is 13.7 Å². The van der Waals surface area contributed by atoms with E-state index >= 15 is 0 Å². The molecule has 0 spiro atoms. The molecule has 2 aromatic carbocycles. The number of carboxylic acids is 1. The molecule has 1 unspecified atom stereocenters. The molecule has 0 saturated heterocycles. The number of carboxylic acid groups (broad SMARTS) is 1. The van der Waals surface area contributed by atoms with E-state index in [1.165, 1.54) is 0 Å². The highest BCUT2D eigenvalue weighted by atomic mass is 16.5. The van der Waals surface area contributed by atoms with Crippen LogP contribution in [-0.2, 0) is 4.79 Å². The first-order valence-electron chi connectivity index (χ1n) is 8.33. The Kier molecular flexibility index (Phi) is 7.02. The van der Waals surface area contributed by atoms with Crippen molar-refractivity contribution >= 4 is 5.97 Å². The van der Waals surface area contributed by atoms with E-state index in [1.54, 1.807) is 24.2 Å². The van der Waals surface area contributed by atoms with Crippen molar-refractivity contribution in [3.05, 3.63) is 77.9 Å². The second kappa shape index (κ2) is 9.45. The number of aryl methyl sites for hydroxylation is 1. The number of hydrogen-bond donors (Lipinski definition) is 1. The number of carbonyl (C=O) groups is 1. The molecule has 4 nitrogen and oxygen atoms in total. The van der Waals surface area contributed by atoms with E-state index in [1.807, 2.05) is 49.4 Å². The van der Waals surface area contributed by atoms with Gasteiger partial charge >= 0.3 is 5.97 Å². The van der Waals surface area contributed by atoms with E-state index in [0.717, 1.165) is 11.1 Å². The zero-order valence-electron chi connectivity index (χ0n) is 15.1. The summed E-state index contributed by atoms with van der Waals surface area (Å²) in [4.78, 5) is 13.8. The van der Waals surface area contributed by atoms with Crippen molar-refractivity contribution in [3.63, 3.8) is 0 Å². The SMILES string of the molecule is C=CCN(CC#Cc1ccccc1)C(C(=O)O)c1cc(C)ccc1OC. The van der Waals surface area contributed by atoms with Crippen LogP contribution in [0.2, 0.25) is 0 Å². The molecule has 0 radical (unpaired) electrons. The van der Waals surface area contributed by atoms with Crippen LogP contribution in [-0.4, -0.2) is 36.2 Å². The molecule has 1 N–H and O–H groups in total. The highest BCUT2D eigenvalue weighted by Gasteiger charge is 2.29. The van der Waals surface area contributed by atoms with Gasteiger partial charge in [-0.3, -0.25) is 9.69 Å². The molecule has 0 aliphatic carbocycles. The molecule has 0 heterocycles. The van der Waals surface area contributed by atoms with Crippen LogP contribution in [0.5, 0.6) is 5.75 Å². The van der Waals surface area contributed by atoms with Crippen LogP contribution in [0.25, 0.3) is 0 Å².